The van der Waals surface area contributed by atoms with Crippen LogP contribution in [0, 0.1) is 0 Å². The summed E-state index contributed by atoms with van der Waals surface area (Å²) in [5.41, 5.74) is 0. The van der Waals surface area contributed by atoms with E-state index in [1.165, 1.54) is 6.92 Å². The van der Waals surface area contributed by atoms with Crippen molar-refractivity contribution < 1.29 is 14.3 Å². The van der Waals surface area contributed by atoms with E-state index in [1.807, 2.05) is 6.92 Å². The van der Waals surface area contributed by atoms with Crippen LogP contribution in [0.15, 0.2) is 0 Å². The summed E-state index contributed by atoms with van der Waals surface area (Å²) in [5, 5.41) is 2.47. The van der Waals surface area contributed by atoms with E-state index in [2.05, 4.69) is 5.32 Å². The number of carbonyl (C=O) groups excluding carboxylic acids is 2. The molecule has 0 fully saturated rings. The van der Waals surface area contributed by atoms with Gasteiger partial charge in [-0.1, -0.05) is 0 Å². The van der Waals surface area contributed by atoms with Crippen LogP contribution < -0.4 is 5.32 Å². The van der Waals surface area contributed by atoms with Gasteiger partial charge in [-0.05, 0) is 13.8 Å². The zero-order valence-electron chi connectivity index (χ0n) is 7.55. The lowest BCUT2D eigenvalue weighted by molar-refractivity contribution is -0.125. The predicted molar refractivity (Wildman–Crippen MR) is 44.8 cm³/mol. The monoisotopic (exact) mass is 173 g/mol. The third-order valence-corrected chi connectivity index (χ3v) is 1.21. The summed E-state index contributed by atoms with van der Waals surface area (Å²) in [4.78, 5) is 21.3. The van der Waals surface area contributed by atoms with Crippen LogP contribution >= 0.6 is 0 Å². The molecule has 0 rings (SSSR count). The lowest BCUT2D eigenvalue weighted by Gasteiger charge is -2.02. The Hall–Kier alpha value is -0.900. The van der Waals surface area contributed by atoms with Gasteiger partial charge in [0.1, 0.15) is 5.78 Å². The minimum Gasteiger partial charge on any atom is -0.381 e. The van der Waals surface area contributed by atoms with E-state index >= 15 is 0 Å². The molecule has 0 bridgehead atoms. The van der Waals surface area contributed by atoms with Crippen molar-refractivity contribution >= 4 is 11.7 Å². The Balaban J connectivity index is 3.28. The number of amides is 1. The second-order valence-electron chi connectivity index (χ2n) is 2.43. The van der Waals surface area contributed by atoms with Crippen LogP contribution in [-0.4, -0.2) is 31.4 Å². The van der Waals surface area contributed by atoms with Crippen molar-refractivity contribution in [3.63, 3.8) is 0 Å². The Bertz CT molecular complexity index is 156. The van der Waals surface area contributed by atoms with E-state index in [-0.39, 0.29) is 18.2 Å². The van der Waals surface area contributed by atoms with Crippen LogP contribution in [0.4, 0.5) is 0 Å². The van der Waals surface area contributed by atoms with E-state index in [0.717, 1.165) is 0 Å². The van der Waals surface area contributed by atoms with Crippen molar-refractivity contribution in [2.24, 2.45) is 0 Å². The van der Waals surface area contributed by atoms with Gasteiger partial charge >= 0.3 is 0 Å². The lowest BCUT2D eigenvalue weighted by atomic mass is 10.4. The van der Waals surface area contributed by atoms with Gasteiger partial charge < -0.3 is 10.1 Å². The van der Waals surface area contributed by atoms with E-state index in [4.69, 9.17) is 4.74 Å². The van der Waals surface area contributed by atoms with Crippen molar-refractivity contribution in [1.29, 1.82) is 0 Å². The van der Waals surface area contributed by atoms with Crippen LogP contribution in [0.25, 0.3) is 0 Å². The SMILES string of the molecule is CCOCCC(=O)NCC(C)=O. The first-order valence-electron chi connectivity index (χ1n) is 4.00. The Labute approximate surface area is 72.3 Å². The molecule has 0 spiro atoms. The highest BCUT2D eigenvalue weighted by atomic mass is 16.5. The molecule has 4 heteroatoms. The molecule has 0 aromatic heterocycles. The quantitative estimate of drug-likeness (QED) is 0.580. The van der Waals surface area contributed by atoms with E-state index in [0.29, 0.717) is 19.6 Å². The number of ketones is 1. The largest absolute Gasteiger partial charge is 0.381 e. The highest BCUT2D eigenvalue weighted by Gasteiger charge is 2.00. The Kier molecular flexibility index (Phi) is 6.28. The molecule has 0 aromatic rings. The number of carbonyl (C=O) groups is 2. The molecular weight excluding hydrogens is 158 g/mol. The summed E-state index contributed by atoms with van der Waals surface area (Å²) in [6, 6.07) is 0. The van der Waals surface area contributed by atoms with Gasteiger partial charge in [-0.3, -0.25) is 9.59 Å². The molecule has 0 atom stereocenters. The molecule has 0 saturated carbocycles. The topological polar surface area (TPSA) is 55.4 Å². The first-order chi connectivity index (χ1) is 5.66. The minimum absolute atomic E-state index is 0.0419. The molecule has 12 heavy (non-hydrogen) atoms. The van der Waals surface area contributed by atoms with Crippen molar-refractivity contribution in [2.75, 3.05) is 19.8 Å². The second-order valence-corrected chi connectivity index (χ2v) is 2.43. The normalized spacial score (nSPS) is 9.50. The predicted octanol–water partition coefficient (Wildman–Crippen LogP) is 0.118. The van der Waals surface area contributed by atoms with E-state index < -0.39 is 0 Å². The smallest absolute Gasteiger partial charge is 0.222 e. The average molecular weight is 173 g/mol. The maximum absolute atomic E-state index is 10.9. The number of Topliss-reactive ketones (excluding diaryl/α,β-unsaturated/α-hetero) is 1. The van der Waals surface area contributed by atoms with Gasteiger partial charge in [-0.15, -0.1) is 0 Å². The number of ether oxygens (including phenoxy) is 1. The second kappa shape index (κ2) is 6.79. The highest BCUT2D eigenvalue weighted by Crippen LogP contribution is 1.82. The summed E-state index contributed by atoms with van der Waals surface area (Å²) in [5.74, 6) is -0.182. The van der Waals surface area contributed by atoms with Crippen LogP contribution in [0.1, 0.15) is 20.3 Å². The molecule has 0 radical (unpaired) electrons. The summed E-state index contributed by atoms with van der Waals surface area (Å²) >= 11 is 0. The van der Waals surface area contributed by atoms with Crippen molar-refractivity contribution in [1.82, 2.24) is 5.32 Å². The highest BCUT2D eigenvalue weighted by molar-refractivity contribution is 5.84. The molecule has 0 aliphatic heterocycles. The van der Waals surface area contributed by atoms with Gasteiger partial charge in [0.05, 0.1) is 13.2 Å². The maximum atomic E-state index is 10.9. The molecule has 1 N–H and O–H groups in total. The molecule has 4 nitrogen and oxygen atoms in total. The molecule has 0 saturated heterocycles. The van der Waals surface area contributed by atoms with Crippen molar-refractivity contribution in [2.45, 2.75) is 20.3 Å². The lowest BCUT2D eigenvalue weighted by Crippen LogP contribution is -2.28. The summed E-state index contributed by atoms with van der Waals surface area (Å²) in [7, 11) is 0. The van der Waals surface area contributed by atoms with Gasteiger partial charge in [0.25, 0.3) is 0 Å². The first kappa shape index (κ1) is 11.1. The summed E-state index contributed by atoms with van der Waals surface area (Å²) in [6.45, 7) is 4.45. The van der Waals surface area contributed by atoms with Gasteiger partial charge in [0, 0.05) is 13.0 Å². The van der Waals surface area contributed by atoms with E-state index in [9.17, 15) is 9.59 Å². The first-order valence-corrected chi connectivity index (χ1v) is 4.00. The van der Waals surface area contributed by atoms with Crippen LogP contribution in [0.5, 0.6) is 0 Å². The fourth-order valence-corrected chi connectivity index (χ4v) is 0.621. The molecule has 0 unspecified atom stereocenters. The Morgan fingerprint density at radius 3 is 2.58 bits per heavy atom. The Morgan fingerprint density at radius 1 is 1.42 bits per heavy atom. The zero-order chi connectivity index (χ0) is 9.40. The molecule has 0 aliphatic rings. The molecule has 1 amide bonds. The number of nitrogens with one attached hydrogen (secondary N) is 1. The van der Waals surface area contributed by atoms with Crippen LogP contribution in [0.3, 0.4) is 0 Å². The van der Waals surface area contributed by atoms with Crippen molar-refractivity contribution in [3.05, 3.63) is 0 Å². The fraction of sp³-hybridized carbons (Fsp3) is 0.750. The molecule has 70 valence electrons. The molecule has 0 aromatic carbocycles. The van der Waals surface area contributed by atoms with Crippen LogP contribution in [-0.2, 0) is 14.3 Å². The number of hydrogen-bond acceptors (Lipinski definition) is 3. The van der Waals surface area contributed by atoms with Gasteiger partial charge in [-0.2, -0.15) is 0 Å². The zero-order valence-corrected chi connectivity index (χ0v) is 7.55. The summed E-state index contributed by atoms with van der Waals surface area (Å²) < 4.78 is 4.97. The molecule has 0 heterocycles. The Morgan fingerprint density at radius 2 is 2.08 bits per heavy atom. The maximum Gasteiger partial charge on any atom is 0.222 e. The standard InChI is InChI=1S/C8H15NO3/c1-3-12-5-4-8(11)9-6-7(2)10/h3-6H2,1-2H3,(H,9,11). The van der Waals surface area contributed by atoms with Gasteiger partial charge in [-0.25, -0.2) is 0 Å². The third kappa shape index (κ3) is 7.21. The number of hydrogen-bond donors (Lipinski definition) is 1. The third-order valence-electron chi connectivity index (χ3n) is 1.21. The van der Waals surface area contributed by atoms with E-state index in [1.54, 1.807) is 0 Å². The average Bonchev–Trinajstić information content (AvgIpc) is 2.01. The molecule has 0 aliphatic carbocycles. The fourth-order valence-electron chi connectivity index (χ4n) is 0.621. The van der Waals surface area contributed by atoms with Gasteiger partial charge in [0.2, 0.25) is 5.91 Å². The minimum atomic E-state index is -0.140. The molecular formula is C8H15NO3. The number of rotatable bonds is 6. The van der Waals surface area contributed by atoms with Crippen molar-refractivity contribution in [3.8, 4) is 0 Å². The summed E-state index contributed by atoms with van der Waals surface area (Å²) in [6.07, 6.45) is 0.321. The van der Waals surface area contributed by atoms with Gasteiger partial charge in [0.15, 0.2) is 0 Å². The van der Waals surface area contributed by atoms with Crippen LogP contribution in [0.2, 0.25) is 0 Å².